The smallest absolute Gasteiger partial charge is 0.317 e. The zero-order valence-corrected chi connectivity index (χ0v) is 15.9. The number of nitrogens with zero attached hydrogens (tertiary/aromatic N) is 6. The van der Waals surface area contributed by atoms with Crippen LogP contribution < -0.4 is 10.2 Å². The second kappa shape index (κ2) is 8.54. The lowest BCUT2D eigenvalue weighted by atomic mass is 10.2. The van der Waals surface area contributed by atoms with E-state index in [0.29, 0.717) is 44.1 Å². The van der Waals surface area contributed by atoms with Gasteiger partial charge in [0.2, 0.25) is 0 Å². The van der Waals surface area contributed by atoms with Crippen molar-refractivity contribution in [2.75, 3.05) is 37.6 Å². The van der Waals surface area contributed by atoms with Crippen LogP contribution in [0.4, 0.5) is 10.6 Å². The van der Waals surface area contributed by atoms with Gasteiger partial charge in [0.25, 0.3) is 0 Å². The van der Waals surface area contributed by atoms with Gasteiger partial charge in [0.05, 0.1) is 11.3 Å². The number of hydrogen-bond donors (Lipinski definition) is 1. The van der Waals surface area contributed by atoms with Gasteiger partial charge in [-0.05, 0) is 38.5 Å². The Morgan fingerprint density at radius 1 is 1.30 bits per heavy atom. The van der Waals surface area contributed by atoms with E-state index >= 15 is 0 Å². The number of urea groups is 1. The van der Waals surface area contributed by atoms with Crippen LogP contribution in [0.2, 0.25) is 0 Å². The molecular formula is C19H25N7O. The summed E-state index contributed by atoms with van der Waals surface area (Å²) in [5, 5.41) is 16.6. The Hall–Kier alpha value is -3.08. The van der Waals surface area contributed by atoms with Crippen molar-refractivity contribution in [1.29, 1.82) is 5.26 Å². The average molecular weight is 367 g/mol. The van der Waals surface area contributed by atoms with Gasteiger partial charge in [0.15, 0.2) is 0 Å². The number of aryl methyl sites for hydroxylation is 3. The lowest BCUT2D eigenvalue weighted by Gasteiger charge is -2.35. The molecule has 0 aromatic carbocycles. The molecule has 2 aromatic rings. The summed E-state index contributed by atoms with van der Waals surface area (Å²) in [6.07, 6.45) is 2.53. The van der Waals surface area contributed by atoms with E-state index in [9.17, 15) is 10.1 Å². The van der Waals surface area contributed by atoms with Crippen LogP contribution in [0.5, 0.6) is 0 Å². The highest BCUT2D eigenvalue weighted by Gasteiger charge is 2.23. The number of carbonyl (C=O) groups is 1. The number of carbonyl (C=O) groups excluding carboxylic acids is 1. The molecule has 1 aliphatic rings. The minimum absolute atomic E-state index is 0.0375. The maximum atomic E-state index is 12.4. The highest BCUT2D eigenvalue weighted by Crippen LogP contribution is 2.18. The third-order valence-corrected chi connectivity index (χ3v) is 4.70. The molecule has 8 nitrogen and oxygen atoms in total. The summed E-state index contributed by atoms with van der Waals surface area (Å²) in [6.45, 7) is 8.01. The van der Waals surface area contributed by atoms with Crippen molar-refractivity contribution in [2.45, 2.75) is 26.8 Å². The molecule has 1 N–H and O–H groups in total. The summed E-state index contributed by atoms with van der Waals surface area (Å²) >= 11 is 0. The van der Waals surface area contributed by atoms with Gasteiger partial charge in [-0.1, -0.05) is 0 Å². The lowest BCUT2D eigenvalue weighted by Crippen LogP contribution is -2.52. The van der Waals surface area contributed by atoms with E-state index in [0.717, 1.165) is 24.4 Å². The Morgan fingerprint density at radius 3 is 2.74 bits per heavy atom. The van der Waals surface area contributed by atoms with Crippen LogP contribution in [-0.4, -0.2) is 58.4 Å². The molecule has 142 valence electrons. The van der Waals surface area contributed by atoms with E-state index in [1.165, 1.54) is 0 Å². The van der Waals surface area contributed by atoms with Gasteiger partial charge in [0.1, 0.15) is 11.9 Å². The molecule has 2 aromatic heterocycles. The van der Waals surface area contributed by atoms with Crippen LogP contribution in [0.3, 0.4) is 0 Å². The van der Waals surface area contributed by atoms with Gasteiger partial charge in [-0.3, -0.25) is 4.68 Å². The molecule has 0 aliphatic carbocycles. The second-order valence-corrected chi connectivity index (χ2v) is 6.70. The highest BCUT2D eigenvalue weighted by molar-refractivity contribution is 5.74. The molecule has 0 radical (unpaired) electrons. The fourth-order valence-electron chi connectivity index (χ4n) is 3.29. The van der Waals surface area contributed by atoms with E-state index in [-0.39, 0.29) is 6.03 Å². The SMILES string of the molecule is Cc1cc(C)n(CCCNC(=O)N2CCN(c3ncccc3C#N)CC2)n1. The topological polar surface area (TPSA) is 90.1 Å². The standard InChI is InChI=1S/C19H25N7O/c1-15-13-16(2)26(23-15)8-4-7-22-19(27)25-11-9-24(10-12-25)18-17(14-20)5-3-6-21-18/h3,5-6,13H,4,7-12H2,1-2H3,(H,22,27). The molecule has 1 saturated heterocycles. The predicted octanol–water partition coefficient (Wildman–Crippen LogP) is 1.69. The van der Waals surface area contributed by atoms with E-state index < -0.39 is 0 Å². The van der Waals surface area contributed by atoms with Crippen molar-refractivity contribution < 1.29 is 4.79 Å². The number of nitrogens with one attached hydrogen (secondary N) is 1. The normalized spacial score (nSPS) is 14.1. The summed E-state index contributed by atoms with van der Waals surface area (Å²) in [5.41, 5.74) is 2.72. The molecule has 0 bridgehead atoms. The first kappa shape index (κ1) is 18.7. The molecule has 0 spiro atoms. The lowest BCUT2D eigenvalue weighted by molar-refractivity contribution is 0.194. The van der Waals surface area contributed by atoms with Crippen LogP contribution in [0.15, 0.2) is 24.4 Å². The second-order valence-electron chi connectivity index (χ2n) is 6.70. The number of anilines is 1. The van der Waals surface area contributed by atoms with Crippen LogP contribution in [0.1, 0.15) is 23.4 Å². The summed E-state index contributed by atoms with van der Waals surface area (Å²) < 4.78 is 1.97. The van der Waals surface area contributed by atoms with Crippen molar-refractivity contribution in [1.82, 2.24) is 25.0 Å². The minimum Gasteiger partial charge on any atom is -0.352 e. The number of nitriles is 1. The van der Waals surface area contributed by atoms with Crippen molar-refractivity contribution in [3.05, 3.63) is 41.3 Å². The first-order valence-electron chi connectivity index (χ1n) is 9.22. The number of amides is 2. The molecule has 1 fully saturated rings. The van der Waals surface area contributed by atoms with Gasteiger partial charge in [-0.2, -0.15) is 10.4 Å². The number of aromatic nitrogens is 3. The highest BCUT2D eigenvalue weighted by atomic mass is 16.2. The van der Waals surface area contributed by atoms with Gasteiger partial charge in [0, 0.05) is 51.2 Å². The zero-order valence-electron chi connectivity index (χ0n) is 15.9. The first-order valence-corrected chi connectivity index (χ1v) is 9.22. The summed E-state index contributed by atoms with van der Waals surface area (Å²) in [7, 11) is 0. The third kappa shape index (κ3) is 4.56. The maximum absolute atomic E-state index is 12.4. The Kier molecular flexibility index (Phi) is 5.91. The zero-order chi connectivity index (χ0) is 19.2. The van der Waals surface area contributed by atoms with Crippen molar-refractivity contribution in [3.8, 4) is 6.07 Å². The minimum atomic E-state index is -0.0375. The van der Waals surface area contributed by atoms with E-state index in [2.05, 4.69) is 32.4 Å². The fourth-order valence-corrected chi connectivity index (χ4v) is 3.29. The number of pyridine rings is 1. The van der Waals surface area contributed by atoms with Gasteiger partial charge in [-0.15, -0.1) is 0 Å². The Bertz CT molecular complexity index is 831. The fraction of sp³-hybridized carbons (Fsp3) is 0.474. The molecule has 0 atom stereocenters. The Labute approximate surface area is 159 Å². The monoisotopic (exact) mass is 367 g/mol. The maximum Gasteiger partial charge on any atom is 0.317 e. The Balaban J connectivity index is 1.42. The summed E-state index contributed by atoms with van der Waals surface area (Å²) in [6, 6.07) is 7.72. The molecule has 8 heteroatoms. The summed E-state index contributed by atoms with van der Waals surface area (Å²) in [5.74, 6) is 0.699. The Morgan fingerprint density at radius 2 is 2.07 bits per heavy atom. The number of hydrogen-bond acceptors (Lipinski definition) is 5. The quantitative estimate of drug-likeness (QED) is 0.812. The molecule has 0 saturated carbocycles. The molecule has 3 heterocycles. The summed E-state index contributed by atoms with van der Waals surface area (Å²) in [4.78, 5) is 20.5. The average Bonchev–Trinajstić information content (AvgIpc) is 3.02. The van der Waals surface area contributed by atoms with Crippen LogP contribution >= 0.6 is 0 Å². The van der Waals surface area contributed by atoms with E-state index in [1.54, 1.807) is 18.3 Å². The van der Waals surface area contributed by atoms with Gasteiger partial charge >= 0.3 is 6.03 Å². The van der Waals surface area contributed by atoms with Crippen molar-refractivity contribution >= 4 is 11.8 Å². The first-order chi connectivity index (χ1) is 13.1. The van der Waals surface area contributed by atoms with E-state index in [1.807, 2.05) is 23.4 Å². The van der Waals surface area contributed by atoms with Crippen molar-refractivity contribution in [2.24, 2.45) is 0 Å². The van der Waals surface area contributed by atoms with Crippen molar-refractivity contribution in [3.63, 3.8) is 0 Å². The molecule has 3 rings (SSSR count). The number of rotatable bonds is 5. The van der Waals surface area contributed by atoms with Crippen LogP contribution in [0, 0.1) is 25.2 Å². The number of piperazine rings is 1. The molecule has 27 heavy (non-hydrogen) atoms. The van der Waals surface area contributed by atoms with E-state index in [4.69, 9.17) is 0 Å². The molecule has 1 aliphatic heterocycles. The van der Waals surface area contributed by atoms with Gasteiger partial charge in [-0.25, -0.2) is 9.78 Å². The van der Waals surface area contributed by atoms with Crippen LogP contribution in [-0.2, 0) is 6.54 Å². The third-order valence-electron chi connectivity index (χ3n) is 4.70. The molecule has 2 amide bonds. The predicted molar refractivity (Wildman–Crippen MR) is 102 cm³/mol. The molecular weight excluding hydrogens is 342 g/mol. The van der Waals surface area contributed by atoms with Crippen LogP contribution in [0.25, 0.3) is 0 Å². The largest absolute Gasteiger partial charge is 0.352 e. The molecule has 0 unspecified atom stereocenters. The van der Waals surface area contributed by atoms with Gasteiger partial charge < -0.3 is 15.1 Å².